The topological polar surface area (TPSA) is 47.3 Å². The number of nitrogens with two attached hydrogens (primary N) is 1. The first-order chi connectivity index (χ1) is 7.86. The molecule has 3 heteroatoms. The quantitative estimate of drug-likeness (QED) is 0.434. The van der Waals surface area contributed by atoms with Gasteiger partial charge in [0.05, 0.1) is 6.04 Å². The van der Waals surface area contributed by atoms with Crippen molar-refractivity contribution in [2.45, 2.75) is 25.8 Å². The third-order valence-electron chi connectivity index (χ3n) is 2.22. The second-order valence-corrected chi connectivity index (χ2v) is 3.45. The first-order valence-electron chi connectivity index (χ1n) is 5.40. The van der Waals surface area contributed by atoms with Gasteiger partial charge in [-0.3, -0.25) is 11.3 Å². The number of para-hydroxylation sites is 1. The van der Waals surface area contributed by atoms with Gasteiger partial charge in [0.15, 0.2) is 0 Å². The highest BCUT2D eigenvalue weighted by atomic mass is 16.5. The summed E-state index contributed by atoms with van der Waals surface area (Å²) in [4.78, 5) is 0. The highest BCUT2D eigenvalue weighted by molar-refractivity contribution is 5.20. The Balaban J connectivity index is 2.30. The lowest BCUT2D eigenvalue weighted by Gasteiger charge is -2.15. The smallest absolute Gasteiger partial charge is 0.119 e. The van der Waals surface area contributed by atoms with Gasteiger partial charge in [0.2, 0.25) is 0 Å². The third-order valence-corrected chi connectivity index (χ3v) is 2.22. The van der Waals surface area contributed by atoms with E-state index in [0.29, 0.717) is 6.61 Å². The number of ether oxygens (including phenoxy) is 1. The van der Waals surface area contributed by atoms with Crippen molar-refractivity contribution in [3.05, 3.63) is 30.3 Å². The molecule has 0 spiro atoms. The van der Waals surface area contributed by atoms with E-state index in [0.717, 1.165) is 18.6 Å². The number of nitrogens with one attached hydrogen (secondary N) is 1. The van der Waals surface area contributed by atoms with Crippen LogP contribution in [0.5, 0.6) is 5.75 Å². The summed E-state index contributed by atoms with van der Waals surface area (Å²) in [7, 11) is 0. The predicted octanol–water partition coefficient (Wildman–Crippen LogP) is 1.70. The summed E-state index contributed by atoms with van der Waals surface area (Å²) < 4.78 is 5.60. The molecule has 0 aliphatic heterocycles. The number of hydrazine groups is 1. The molecule has 1 aromatic rings. The summed E-state index contributed by atoms with van der Waals surface area (Å²) in [5.41, 5.74) is 2.74. The molecule has 86 valence electrons. The van der Waals surface area contributed by atoms with Crippen LogP contribution in [0.2, 0.25) is 0 Å². The Morgan fingerprint density at radius 2 is 2.12 bits per heavy atom. The van der Waals surface area contributed by atoms with Crippen molar-refractivity contribution in [3.63, 3.8) is 0 Å². The van der Waals surface area contributed by atoms with Gasteiger partial charge >= 0.3 is 0 Å². The molecule has 1 unspecified atom stereocenters. The van der Waals surface area contributed by atoms with E-state index < -0.39 is 0 Å². The van der Waals surface area contributed by atoms with Crippen molar-refractivity contribution >= 4 is 0 Å². The SMILES string of the molecule is CC#CCCC(COc1ccccc1)NN. The van der Waals surface area contributed by atoms with Gasteiger partial charge in [-0.15, -0.1) is 11.8 Å². The van der Waals surface area contributed by atoms with Crippen molar-refractivity contribution in [2.24, 2.45) is 5.84 Å². The maximum Gasteiger partial charge on any atom is 0.119 e. The molecule has 0 aliphatic rings. The van der Waals surface area contributed by atoms with E-state index in [9.17, 15) is 0 Å². The molecule has 1 aromatic carbocycles. The van der Waals surface area contributed by atoms with Crippen LogP contribution >= 0.6 is 0 Å². The van der Waals surface area contributed by atoms with Crippen LogP contribution in [-0.4, -0.2) is 12.6 Å². The maximum atomic E-state index is 5.60. The summed E-state index contributed by atoms with van der Waals surface area (Å²) in [6.45, 7) is 2.40. The van der Waals surface area contributed by atoms with Crippen LogP contribution in [0.25, 0.3) is 0 Å². The molecule has 3 N–H and O–H groups in total. The average Bonchev–Trinajstić information content (AvgIpc) is 2.35. The van der Waals surface area contributed by atoms with Gasteiger partial charge in [-0.1, -0.05) is 18.2 Å². The number of rotatable bonds is 6. The van der Waals surface area contributed by atoms with Gasteiger partial charge in [0, 0.05) is 6.42 Å². The summed E-state index contributed by atoms with van der Waals surface area (Å²) in [5.74, 6) is 12.2. The first-order valence-corrected chi connectivity index (χ1v) is 5.40. The molecule has 1 atom stereocenters. The van der Waals surface area contributed by atoms with Crippen molar-refractivity contribution < 1.29 is 4.74 Å². The minimum absolute atomic E-state index is 0.140. The Bertz CT molecular complexity index is 340. The molecular formula is C13H18N2O. The van der Waals surface area contributed by atoms with Gasteiger partial charge in [0.25, 0.3) is 0 Å². The van der Waals surface area contributed by atoms with Gasteiger partial charge < -0.3 is 4.74 Å². The van der Waals surface area contributed by atoms with Crippen molar-refractivity contribution in [1.29, 1.82) is 0 Å². The maximum absolute atomic E-state index is 5.60. The molecule has 0 radical (unpaired) electrons. The molecule has 1 rings (SSSR count). The Labute approximate surface area is 97.0 Å². The number of hydrogen-bond donors (Lipinski definition) is 2. The van der Waals surface area contributed by atoms with Gasteiger partial charge in [-0.25, -0.2) is 0 Å². The number of benzene rings is 1. The van der Waals surface area contributed by atoms with E-state index in [1.165, 1.54) is 0 Å². The van der Waals surface area contributed by atoms with Gasteiger partial charge in [-0.2, -0.15) is 0 Å². The zero-order valence-electron chi connectivity index (χ0n) is 9.57. The highest BCUT2D eigenvalue weighted by Gasteiger charge is 2.06. The lowest BCUT2D eigenvalue weighted by molar-refractivity contribution is 0.259. The minimum Gasteiger partial charge on any atom is -0.492 e. The Morgan fingerprint density at radius 1 is 1.38 bits per heavy atom. The summed E-state index contributed by atoms with van der Waals surface area (Å²) in [5, 5.41) is 0. The number of hydrogen-bond acceptors (Lipinski definition) is 3. The zero-order chi connectivity index (χ0) is 11.6. The molecule has 0 saturated heterocycles. The minimum atomic E-state index is 0.140. The summed E-state index contributed by atoms with van der Waals surface area (Å²) in [6, 6.07) is 9.85. The van der Waals surface area contributed by atoms with E-state index in [-0.39, 0.29) is 6.04 Å². The van der Waals surface area contributed by atoms with E-state index in [2.05, 4.69) is 17.3 Å². The lowest BCUT2D eigenvalue weighted by Crippen LogP contribution is -2.39. The standard InChI is InChI=1S/C13H18N2O/c1-2-3-5-8-12(15-14)11-16-13-9-6-4-7-10-13/h4,6-7,9-10,12,15H,5,8,11,14H2,1H3. The predicted molar refractivity (Wildman–Crippen MR) is 65.7 cm³/mol. The summed E-state index contributed by atoms with van der Waals surface area (Å²) in [6.07, 6.45) is 1.73. The van der Waals surface area contributed by atoms with E-state index in [1.54, 1.807) is 0 Å². The van der Waals surface area contributed by atoms with Crippen LogP contribution in [0.1, 0.15) is 19.8 Å². The van der Waals surface area contributed by atoms with Crippen molar-refractivity contribution in [3.8, 4) is 17.6 Å². The normalized spacial score (nSPS) is 11.4. The Kier molecular flexibility index (Phi) is 6.09. The third kappa shape index (κ3) is 4.83. The molecule has 16 heavy (non-hydrogen) atoms. The molecule has 0 aliphatic carbocycles. The van der Waals surface area contributed by atoms with Crippen molar-refractivity contribution in [1.82, 2.24) is 5.43 Å². The van der Waals surface area contributed by atoms with Crippen LogP contribution in [-0.2, 0) is 0 Å². The molecular weight excluding hydrogens is 200 g/mol. The van der Waals surface area contributed by atoms with Crippen LogP contribution in [0.3, 0.4) is 0 Å². The Morgan fingerprint density at radius 3 is 2.75 bits per heavy atom. The fourth-order valence-corrected chi connectivity index (χ4v) is 1.30. The Hall–Kier alpha value is -1.50. The second-order valence-electron chi connectivity index (χ2n) is 3.45. The van der Waals surface area contributed by atoms with Crippen LogP contribution in [0.15, 0.2) is 30.3 Å². The molecule has 0 aromatic heterocycles. The van der Waals surface area contributed by atoms with Gasteiger partial charge in [-0.05, 0) is 25.5 Å². The second kappa shape index (κ2) is 7.75. The van der Waals surface area contributed by atoms with E-state index in [4.69, 9.17) is 10.6 Å². The molecule has 0 bridgehead atoms. The summed E-state index contributed by atoms with van der Waals surface area (Å²) >= 11 is 0. The van der Waals surface area contributed by atoms with Crippen molar-refractivity contribution in [2.75, 3.05) is 6.61 Å². The monoisotopic (exact) mass is 218 g/mol. The van der Waals surface area contributed by atoms with Crippen LogP contribution in [0, 0.1) is 11.8 Å². The van der Waals surface area contributed by atoms with E-state index in [1.807, 2.05) is 37.3 Å². The van der Waals surface area contributed by atoms with Crippen LogP contribution in [0.4, 0.5) is 0 Å². The van der Waals surface area contributed by atoms with Crippen LogP contribution < -0.4 is 16.0 Å². The molecule has 0 fully saturated rings. The molecule has 0 amide bonds. The first kappa shape index (κ1) is 12.6. The van der Waals surface area contributed by atoms with E-state index >= 15 is 0 Å². The molecule has 0 heterocycles. The zero-order valence-corrected chi connectivity index (χ0v) is 9.57. The lowest BCUT2D eigenvalue weighted by atomic mass is 10.2. The fourth-order valence-electron chi connectivity index (χ4n) is 1.30. The molecule has 0 saturated carbocycles. The molecule has 3 nitrogen and oxygen atoms in total. The fraction of sp³-hybridized carbons (Fsp3) is 0.385. The largest absolute Gasteiger partial charge is 0.492 e. The van der Waals surface area contributed by atoms with Gasteiger partial charge in [0.1, 0.15) is 12.4 Å². The highest BCUT2D eigenvalue weighted by Crippen LogP contribution is 2.09. The average molecular weight is 218 g/mol.